The van der Waals surface area contributed by atoms with Gasteiger partial charge in [-0.3, -0.25) is 4.98 Å². The standard InChI is InChI=1S/C13H14N4OS3/c1-3-20-12-8(2)11(14-7-15-12)6-21(18)13-16-9-4-19-5-10(9)17-13/h4-5,7H,3,6H2,1-2H3,(H,16,17). The van der Waals surface area contributed by atoms with E-state index in [1.807, 2.05) is 17.7 Å². The van der Waals surface area contributed by atoms with Gasteiger partial charge in [-0.25, -0.2) is 9.97 Å². The Kier molecular flexibility index (Phi) is 4.48. The molecule has 21 heavy (non-hydrogen) atoms. The summed E-state index contributed by atoms with van der Waals surface area (Å²) in [5.41, 5.74) is 3.62. The number of hydrogen-bond acceptors (Lipinski definition) is 6. The summed E-state index contributed by atoms with van der Waals surface area (Å²) < 4.78 is 12.5. The molecule has 0 aliphatic heterocycles. The van der Waals surface area contributed by atoms with E-state index in [-0.39, 0.29) is 0 Å². The summed E-state index contributed by atoms with van der Waals surface area (Å²) in [4.78, 5) is 16.0. The number of nitrogens with zero attached hydrogens (tertiary/aromatic N) is 3. The van der Waals surface area contributed by atoms with Crippen molar-refractivity contribution in [3.05, 3.63) is 28.3 Å². The maximum atomic E-state index is 12.5. The van der Waals surface area contributed by atoms with Crippen LogP contribution in [-0.4, -0.2) is 30.2 Å². The fraction of sp³-hybridized carbons (Fsp3) is 0.308. The van der Waals surface area contributed by atoms with Crippen molar-refractivity contribution in [3.63, 3.8) is 0 Å². The van der Waals surface area contributed by atoms with Crippen molar-refractivity contribution in [3.8, 4) is 0 Å². The molecule has 0 spiro atoms. The van der Waals surface area contributed by atoms with Gasteiger partial charge in [-0.05, 0) is 12.7 Å². The molecular formula is C13H14N4OS3. The summed E-state index contributed by atoms with van der Waals surface area (Å²) in [5, 5.41) is 5.38. The predicted molar refractivity (Wildman–Crippen MR) is 87.3 cm³/mol. The minimum Gasteiger partial charge on any atom is -0.609 e. The largest absolute Gasteiger partial charge is 0.609 e. The van der Waals surface area contributed by atoms with Gasteiger partial charge in [0.2, 0.25) is 0 Å². The molecule has 0 fully saturated rings. The van der Waals surface area contributed by atoms with Crippen LogP contribution in [0.3, 0.4) is 0 Å². The molecule has 3 rings (SSSR count). The first kappa shape index (κ1) is 14.8. The topological polar surface area (TPSA) is 77.5 Å². The highest BCUT2D eigenvalue weighted by Gasteiger charge is 2.20. The van der Waals surface area contributed by atoms with Crippen LogP contribution in [0.15, 0.2) is 27.3 Å². The summed E-state index contributed by atoms with van der Waals surface area (Å²) in [6.07, 6.45) is 1.54. The van der Waals surface area contributed by atoms with E-state index >= 15 is 0 Å². The molecule has 0 saturated carbocycles. The van der Waals surface area contributed by atoms with Crippen LogP contribution in [0.4, 0.5) is 0 Å². The molecule has 3 aromatic heterocycles. The zero-order valence-electron chi connectivity index (χ0n) is 11.6. The van der Waals surface area contributed by atoms with Crippen LogP contribution in [-0.2, 0) is 16.9 Å². The number of thioether (sulfide) groups is 1. The number of rotatable bonds is 5. The molecule has 0 amide bonds. The fourth-order valence-electron chi connectivity index (χ4n) is 1.92. The van der Waals surface area contributed by atoms with Gasteiger partial charge in [0.1, 0.15) is 16.9 Å². The number of imidazole rings is 1. The van der Waals surface area contributed by atoms with Gasteiger partial charge in [-0.1, -0.05) is 6.92 Å². The summed E-state index contributed by atoms with van der Waals surface area (Å²) in [5.74, 6) is 1.31. The van der Waals surface area contributed by atoms with Crippen molar-refractivity contribution in [2.24, 2.45) is 0 Å². The minimum atomic E-state index is -1.23. The Morgan fingerprint density at radius 3 is 3.00 bits per heavy atom. The van der Waals surface area contributed by atoms with Gasteiger partial charge in [0, 0.05) is 27.5 Å². The van der Waals surface area contributed by atoms with E-state index in [2.05, 4.69) is 26.9 Å². The van der Waals surface area contributed by atoms with E-state index in [1.165, 1.54) is 6.33 Å². The second-order valence-electron chi connectivity index (χ2n) is 4.39. The van der Waals surface area contributed by atoms with Crippen LogP contribution < -0.4 is 0 Å². The molecule has 1 unspecified atom stereocenters. The third-order valence-electron chi connectivity index (χ3n) is 3.01. The molecule has 0 bridgehead atoms. The highest BCUT2D eigenvalue weighted by atomic mass is 32.2. The Labute approximate surface area is 133 Å². The fourth-order valence-corrected chi connectivity index (χ4v) is 4.44. The lowest BCUT2D eigenvalue weighted by atomic mass is 10.3. The molecule has 3 aromatic rings. The van der Waals surface area contributed by atoms with Crippen LogP contribution in [0.2, 0.25) is 0 Å². The van der Waals surface area contributed by atoms with Gasteiger partial charge in [0.25, 0.3) is 0 Å². The number of thiophene rings is 1. The third-order valence-corrected chi connectivity index (χ3v) is 5.88. The van der Waals surface area contributed by atoms with Crippen LogP contribution in [0, 0.1) is 6.92 Å². The summed E-state index contributed by atoms with van der Waals surface area (Å²) in [7, 11) is 0. The van der Waals surface area contributed by atoms with Crippen molar-refractivity contribution in [1.82, 2.24) is 19.9 Å². The third kappa shape index (κ3) is 3.08. The summed E-state index contributed by atoms with van der Waals surface area (Å²) >= 11 is 2.02. The van der Waals surface area contributed by atoms with E-state index in [0.717, 1.165) is 33.1 Å². The van der Waals surface area contributed by atoms with Crippen LogP contribution in [0.5, 0.6) is 0 Å². The molecule has 1 N–H and O–H groups in total. The Morgan fingerprint density at radius 1 is 1.38 bits per heavy atom. The molecular weight excluding hydrogens is 324 g/mol. The highest BCUT2D eigenvalue weighted by molar-refractivity contribution is 7.99. The molecule has 3 heterocycles. The van der Waals surface area contributed by atoms with Gasteiger partial charge in [0.15, 0.2) is 5.75 Å². The molecule has 0 saturated heterocycles. The van der Waals surface area contributed by atoms with E-state index in [0.29, 0.717) is 10.9 Å². The lowest BCUT2D eigenvalue weighted by molar-refractivity contribution is 0.586. The molecule has 0 aromatic carbocycles. The Morgan fingerprint density at radius 2 is 2.24 bits per heavy atom. The molecule has 0 radical (unpaired) electrons. The highest BCUT2D eigenvalue weighted by Crippen LogP contribution is 2.24. The van der Waals surface area contributed by atoms with Gasteiger partial charge >= 0.3 is 5.16 Å². The van der Waals surface area contributed by atoms with Crippen LogP contribution in [0.1, 0.15) is 18.2 Å². The zero-order valence-corrected chi connectivity index (χ0v) is 14.1. The van der Waals surface area contributed by atoms with Crippen molar-refractivity contribution < 1.29 is 4.55 Å². The second kappa shape index (κ2) is 6.35. The lowest BCUT2D eigenvalue weighted by Gasteiger charge is -2.10. The first-order valence-corrected chi connectivity index (χ1v) is 9.67. The van der Waals surface area contributed by atoms with Gasteiger partial charge < -0.3 is 4.55 Å². The smallest absolute Gasteiger partial charge is 0.322 e. The lowest BCUT2D eigenvalue weighted by Crippen LogP contribution is -2.10. The number of H-pyrrole nitrogens is 1. The summed E-state index contributed by atoms with van der Waals surface area (Å²) in [6.45, 7) is 4.06. The molecule has 8 heteroatoms. The summed E-state index contributed by atoms with van der Waals surface area (Å²) in [6, 6.07) is 0. The van der Waals surface area contributed by atoms with Crippen molar-refractivity contribution in [1.29, 1.82) is 0 Å². The van der Waals surface area contributed by atoms with E-state index < -0.39 is 11.2 Å². The number of aromatic nitrogens is 4. The second-order valence-corrected chi connectivity index (χ2v) is 7.75. The quantitative estimate of drug-likeness (QED) is 0.439. The van der Waals surface area contributed by atoms with E-state index in [9.17, 15) is 4.55 Å². The maximum absolute atomic E-state index is 12.5. The zero-order chi connectivity index (χ0) is 14.8. The number of hydrogen-bond donors (Lipinski definition) is 1. The Bertz CT molecular complexity index is 726. The monoisotopic (exact) mass is 338 g/mol. The van der Waals surface area contributed by atoms with Gasteiger partial charge in [-0.15, -0.1) is 23.1 Å². The maximum Gasteiger partial charge on any atom is 0.322 e. The normalized spacial score (nSPS) is 12.9. The SMILES string of the molecule is CCSc1ncnc(C[S+]([O-])c2nc3cscc3[nH]2)c1C. The average Bonchev–Trinajstić information content (AvgIpc) is 3.04. The number of aromatic amines is 1. The minimum absolute atomic E-state index is 0.352. The molecule has 0 aliphatic carbocycles. The average molecular weight is 338 g/mol. The molecule has 1 atom stereocenters. The molecule has 110 valence electrons. The first-order chi connectivity index (χ1) is 10.2. The van der Waals surface area contributed by atoms with Crippen molar-refractivity contribution in [2.75, 3.05) is 5.75 Å². The number of fused-ring (bicyclic) bond motifs is 1. The van der Waals surface area contributed by atoms with Crippen LogP contribution in [0.25, 0.3) is 11.0 Å². The molecule has 0 aliphatic rings. The van der Waals surface area contributed by atoms with Crippen molar-refractivity contribution >= 4 is 45.3 Å². The van der Waals surface area contributed by atoms with Gasteiger partial charge in [-0.2, -0.15) is 4.98 Å². The van der Waals surface area contributed by atoms with Gasteiger partial charge in [0.05, 0.1) is 11.2 Å². The van der Waals surface area contributed by atoms with E-state index in [1.54, 1.807) is 23.1 Å². The Balaban J connectivity index is 1.82. The van der Waals surface area contributed by atoms with Crippen LogP contribution >= 0.6 is 23.1 Å². The number of nitrogens with one attached hydrogen (secondary N) is 1. The Hall–Kier alpha value is -1.09. The first-order valence-electron chi connectivity index (χ1n) is 6.42. The van der Waals surface area contributed by atoms with E-state index in [4.69, 9.17) is 0 Å². The molecule has 5 nitrogen and oxygen atoms in total. The predicted octanol–water partition coefficient (Wildman–Crippen LogP) is 3.14. The van der Waals surface area contributed by atoms with Crippen molar-refractivity contribution in [2.45, 2.75) is 29.8 Å².